The Labute approximate surface area is 232 Å². The zero-order valence-electron chi connectivity index (χ0n) is 22.0. The lowest BCUT2D eigenvalue weighted by molar-refractivity contribution is -0.188. The van der Waals surface area contributed by atoms with E-state index in [-0.39, 0.29) is 42.0 Å². The third-order valence-electron chi connectivity index (χ3n) is 7.18. The second-order valence-corrected chi connectivity index (χ2v) is 11.0. The molecule has 3 heterocycles. The number of thioether (sulfide) groups is 1. The van der Waals surface area contributed by atoms with Crippen molar-refractivity contribution < 1.29 is 23.8 Å². The quantitative estimate of drug-likeness (QED) is 0.332. The predicted octanol–water partition coefficient (Wildman–Crippen LogP) is 5.79. The van der Waals surface area contributed by atoms with Gasteiger partial charge in [-0.1, -0.05) is 36.4 Å². The molecule has 1 aromatic heterocycles. The van der Waals surface area contributed by atoms with E-state index >= 15 is 0 Å². The minimum absolute atomic E-state index is 0.00963. The van der Waals surface area contributed by atoms with Crippen molar-refractivity contribution in [2.45, 2.75) is 56.3 Å². The van der Waals surface area contributed by atoms with Gasteiger partial charge in [-0.2, -0.15) is 0 Å². The Hall–Kier alpha value is -2.98. The zero-order chi connectivity index (χ0) is 27.2. The van der Waals surface area contributed by atoms with Gasteiger partial charge < -0.3 is 24.5 Å². The molecule has 2 unspecified atom stereocenters. The van der Waals surface area contributed by atoms with Crippen LogP contribution in [0.3, 0.4) is 0 Å². The highest BCUT2D eigenvalue weighted by Gasteiger charge is 2.24. The number of imidazole rings is 1. The largest absolute Gasteiger partial charge is 0.393 e. The minimum atomic E-state index is -0.291. The second-order valence-electron chi connectivity index (χ2n) is 9.91. The number of aliphatic hydroxyl groups is 1. The Bertz CT molecular complexity index is 1290. The van der Waals surface area contributed by atoms with E-state index in [1.165, 1.54) is 17.8 Å². The predicted molar refractivity (Wildman–Crippen MR) is 150 cm³/mol. The number of aromatic nitrogens is 2. The lowest BCUT2D eigenvalue weighted by Crippen LogP contribution is -2.25. The van der Waals surface area contributed by atoms with E-state index in [4.69, 9.17) is 9.47 Å². The van der Waals surface area contributed by atoms with E-state index in [0.717, 1.165) is 48.4 Å². The molecule has 206 valence electrons. The van der Waals surface area contributed by atoms with Gasteiger partial charge in [0.1, 0.15) is 23.1 Å². The molecular formula is C30H34FN3O4S. The van der Waals surface area contributed by atoms with Gasteiger partial charge in [0.05, 0.1) is 6.61 Å². The van der Waals surface area contributed by atoms with Crippen LogP contribution in [-0.2, 0) is 14.3 Å². The molecule has 0 radical (unpaired) electrons. The first-order valence-corrected chi connectivity index (χ1v) is 14.4. The highest BCUT2D eigenvalue weighted by molar-refractivity contribution is 8.02. The number of carbonyl (C=O) groups is 1. The molecule has 3 aromatic rings. The van der Waals surface area contributed by atoms with Crippen LogP contribution < -0.4 is 5.32 Å². The van der Waals surface area contributed by atoms with Crippen molar-refractivity contribution in [3.05, 3.63) is 83.0 Å². The van der Waals surface area contributed by atoms with Crippen molar-refractivity contribution in [1.29, 1.82) is 0 Å². The molecule has 39 heavy (non-hydrogen) atoms. The molecule has 0 spiro atoms. The first-order chi connectivity index (χ1) is 19.0. The van der Waals surface area contributed by atoms with Gasteiger partial charge in [-0.25, -0.2) is 9.37 Å². The van der Waals surface area contributed by atoms with Crippen LogP contribution >= 0.6 is 11.8 Å². The van der Waals surface area contributed by atoms with E-state index in [1.807, 2.05) is 59.5 Å². The SMILES string of the molecule is C[C@H](OC1CCCCO1)c1nccn1[C@H](CO)S/C=C/c1ccc(-c2ccc(C3CNC(=O)C3)cc2F)cc1. The molecule has 0 bridgehead atoms. The fraction of sp³-hybridized carbons (Fsp3) is 0.400. The molecule has 5 rings (SSSR count). The third-order valence-corrected chi connectivity index (χ3v) is 8.17. The summed E-state index contributed by atoms with van der Waals surface area (Å²) in [4.78, 5) is 16.0. The van der Waals surface area contributed by atoms with Crippen molar-refractivity contribution in [1.82, 2.24) is 14.9 Å². The Balaban J connectivity index is 1.20. The maximum atomic E-state index is 14.9. The van der Waals surface area contributed by atoms with Crippen molar-refractivity contribution in [3.8, 4) is 11.1 Å². The van der Waals surface area contributed by atoms with Crippen LogP contribution in [0.15, 0.2) is 60.3 Å². The standard InChI is InChI=1S/C30H34FN3O4S/c1-20(38-29-4-2-3-14-37-29)30-32-12-13-34(30)28(19-35)39-15-11-21-5-7-22(8-6-21)25-10-9-23(16-26(25)31)24-17-27(36)33-18-24/h5-13,15-16,20,24,28-29,35H,2-4,14,17-19H2,1H3,(H,33,36)/b15-11+/t20-,24?,28-,29?/m0/s1. The summed E-state index contributed by atoms with van der Waals surface area (Å²) in [7, 11) is 0. The van der Waals surface area contributed by atoms with E-state index in [1.54, 1.807) is 12.3 Å². The first-order valence-electron chi connectivity index (χ1n) is 13.4. The summed E-state index contributed by atoms with van der Waals surface area (Å²) in [6.45, 7) is 3.16. The molecular weight excluding hydrogens is 517 g/mol. The number of nitrogens with one attached hydrogen (secondary N) is 1. The number of aliphatic hydroxyl groups excluding tert-OH is 1. The van der Waals surface area contributed by atoms with Crippen LogP contribution in [0.4, 0.5) is 4.39 Å². The van der Waals surface area contributed by atoms with Gasteiger partial charge >= 0.3 is 0 Å². The van der Waals surface area contributed by atoms with Crippen molar-refractivity contribution in [2.24, 2.45) is 0 Å². The topological polar surface area (TPSA) is 85.6 Å². The van der Waals surface area contributed by atoms with Crippen LogP contribution in [0.5, 0.6) is 0 Å². The van der Waals surface area contributed by atoms with E-state index in [2.05, 4.69) is 10.3 Å². The lowest BCUT2D eigenvalue weighted by Gasteiger charge is -2.27. The van der Waals surface area contributed by atoms with Crippen LogP contribution in [0.1, 0.15) is 67.0 Å². The third kappa shape index (κ3) is 6.78. The summed E-state index contributed by atoms with van der Waals surface area (Å²) in [5.74, 6) is 0.488. The smallest absolute Gasteiger partial charge is 0.220 e. The zero-order valence-corrected chi connectivity index (χ0v) is 22.8. The maximum absolute atomic E-state index is 14.9. The normalized spacial score (nSPS) is 21.3. The lowest BCUT2D eigenvalue weighted by atomic mass is 9.95. The van der Waals surface area contributed by atoms with Gasteiger partial charge in [0.2, 0.25) is 5.91 Å². The number of carbonyl (C=O) groups excluding carboxylic acids is 1. The molecule has 2 saturated heterocycles. The Morgan fingerprint density at radius 3 is 2.82 bits per heavy atom. The average molecular weight is 552 g/mol. The van der Waals surface area contributed by atoms with E-state index < -0.39 is 0 Å². The Morgan fingerprint density at radius 1 is 1.28 bits per heavy atom. The molecule has 4 atom stereocenters. The van der Waals surface area contributed by atoms with Crippen molar-refractivity contribution in [2.75, 3.05) is 19.8 Å². The summed E-state index contributed by atoms with van der Waals surface area (Å²) < 4.78 is 28.6. The number of rotatable bonds is 10. The summed E-state index contributed by atoms with van der Waals surface area (Å²) >= 11 is 1.49. The maximum Gasteiger partial charge on any atom is 0.220 e. The summed E-state index contributed by atoms with van der Waals surface area (Å²) in [6.07, 6.45) is 8.50. The molecule has 0 aliphatic carbocycles. The molecule has 2 fully saturated rings. The summed E-state index contributed by atoms with van der Waals surface area (Å²) in [6, 6.07) is 12.9. The molecule has 7 nitrogen and oxygen atoms in total. The highest BCUT2D eigenvalue weighted by atomic mass is 32.2. The monoisotopic (exact) mass is 551 g/mol. The number of halogens is 1. The molecule has 2 aromatic carbocycles. The van der Waals surface area contributed by atoms with Crippen LogP contribution in [0, 0.1) is 5.82 Å². The Morgan fingerprint density at radius 2 is 2.13 bits per heavy atom. The Kier molecular flexibility index (Phi) is 9.13. The number of benzene rings is 2. The van der Waals surface area contributed by atoms with Gasteiger partial charge in [-0.05, 0) is 60.4 Å². The van der Waals surface area contributed by atoms with Crippen LogP contribution in [-0.4, -0.2) is 46.6 Å². The van der Waals surface area contributed by atoms with Gasteiger partial charge in [0.15, 0.2) is 6.29 Å². The van der Waals surface area contributed by atoms with Gasteiger partial charge in [-0.15, -0.1) is 11.8 Å². The summed E-state index contributed by atoms with van der Waals surface area (Å²) in [5, 5.41) is 14.6. The van der Waals surface area contributed by atoms with Crippen molar-refractivity contribution in [3.63, 3.8) is 0 Å². The fourth-order valence-electron chi connectivity index (χ4n) is 5.03. The number of hydrogen-bond donors (Lipinski definition) is 2. The van der Waals surface area contributed by atoms with E-state index in [9.17, 15) is 14.3 Å². The minimum Gasteiger partial charge on any atom is -0.393 e. The average Bonchev–Trinajstić information content (AvgIpc) is 3.62. The molecule has 9 heteroatoms. The van der Waals surface area contributed by atoms with E-state index in [0.29, 0.717) is 18.5 Å². The molecule has 2 N–H and O–H groups in total. The summed E-state index contributed by atoms with van der Waals surface area (Å²) in [5.41, 5.74) is 3.13. The van der Waals surface area contributed by atoms with Gasteiger partial charge in [-0.3, -0.25) is 4.79 Å². The molecule has 2 aliphatic heterocycles. The molecule has 2 aliphatic rings. The number of nitrogens with zero attached hydrogens (tertiary/aromatic N) is 2. The first kappa shape index (κ1) is 27.6. The fourth-order valence-corrected chi connectivity index (χ4v) is 5.84. The molecule has 1 amide bonds. The number of amides is 1. The van der Waals surface area contributed by atoms with Crippen molar-refractivity contribution >= 4 is 23.7 Å². The van der Waals surface area contributed by atoms with Crippen LogP contribution in [0.2, 0.25) is 0 Å². The van der Waals surface area contributed by atoms with Gasteiger partial charge in [0.25, 0.3) is 0 Å². The highest BCUT2D eigenvalue weighted by Crippen LogP contribution is 2.32. The number of hydrogen-bond acceptors (Lipinski definition) is 6. The number of ether oxygens (including phenoxy) is 2. The molecule has 0 saturated carbocycles. The second kappa shape index (κ2) is 12.9. The van der Waals surface area contributed by atoms with Gasteiger partial charge in [0, 0.05) is 43.4 Å². The van der Waals surface area contributed by atoms with Crippen LogP contribution in [0.25, 0.3) is 17.2 Å².